The van der Waals surface area contributed by atoms with E-state index in [1.807, 2.05) is 44.3 Å². The highest BCUT2D eigenvalue weighted by Crippen LogP contribution is 2.34. The van der Waals surface area contributed by atoms with Crippen LogP contribution in [0.15, 0.2) is 48.5 Å². The predicted molar refractivity (Wildman–Crippen MR) is 93.8 cm³/mol. The molecule has 1 N–H and O–H groups in total. The van der Waals surface area contributed by atoms with E-state index in [2.05, 4.69) is 17.4 Å². The fourth-order valence-corrected chi connectivity index (χ4v) is 3.31. The molecule has 2 aromatic rings. The van der Waals surface area contributed by atoms with Gasteiger partial charge in [0.2, 0.25) is 5.91 Å². The number of hydrogen-bond donors (Lipinski definition) is 1. The molecule has 0 aliphatic heterocycles. The van der Waals surface area contributed by atoms with Gasteiger partial charge in [0.1, 0.15) is 0 Å². The molecule has 1 aliphatic rings. The van der Waals surface area contributed by atoms with Crippen LogP contribution in [0.3, 0.4) is 0 Å². The maximum atomic E-state index is 12.5. The first kappa shape index (κ1) is 16.2. The van der Waals surface area contributed by atoms with Crippen LogP contribution in [0.1, 0.15) is 39.5 Å². The summed E-state index contributed by atoms with van der Waals surface area (Å²) in [6.45, 7) is 1.90. The lowest BCUT2D eigenvalue weighted by Gasteiger charge is -2.25. The molecule has 24 heavy (non-hydrogen) atoms. The summed E-state index contributed by atoms with van der Waals surface area (Å²) in [7, 11) is 1.81. The highest BCUT2D eigenvalue weighted by Gasteiger charge is 2.28. The van der Waals surface area contributed by atoms with E-state index in [0.717, 1.165) is 18.4 Å². The first-order valence-electron chi connectivity index (χ1n) is 8.25. The summed E-state index contributed by atoms with van der Waals surface area (Å²) in [5.41, 5.74) is 4.05. The molecule has 3 rings (SSSR count). The van der Waals surface area contributed by atoms with Gasteiger partial charge in [-0.05, 0) is 42.5 Å². The summed E-state index contributed by atoms with van der Waals surface area (Å²) < 4.78 is 0. The fraction of sp³-hybridized carbons (Fsp3) is 0.300. The summed E-state index contributed by atoms with van der Waals surface area (Å²) in [5.74, 6) is -0.277. The summed E-state index contributed by atoms with van der Waals surface area (Å²) in [5, 5.41) is 2.74. The molecule has 0 heterocycles. The molecule has 0 radical (unpaired) electrons. The van der Waals surface area contributed by atoms with E-state index >= 15 is 0 Å². The zero-order chi connectivity index (χ0) is 17.1. The quantitative estimate of drug-likeness (QED) is 0.941. The molecular formula is C20H22N2O2. The van der Waals surface area contributed by atoms with Crippen molar-refractivity contribution in [2.45, 2.75) is 25.8 Å². The largest absolute Gasteiger partial charge is 0.343 e. The van der Waals surface area contributed by atoms with E-state index < -0.39 is 0 Å². The lowest BCUT2D eigenvalue weighted by Crippen LogP contribution is -2.39. The molecule has 2 amide bonds. The standard InChI is InChI=1S/C20H22N2O2/c1-14-7-3-5-9-16(14)20(24)21-13-19(23)22(2)18-12-11-15-8-4-6-10-17(15)18/h3-10,18H,11-13H2,1-2H3,(H,21,24). The van der Waals surface area contributed by atoms with Crippen molar-refractivity contribution in [1.82, 2.24) is 10.2 Å². The lowest BCUT2D eigenvalue weighted by atomic mass is 10.1. The van der Waals surface area contributed by atoms with Gasteiger partial charge >= 0.3 is 0 Å². The third-order valence-electron chi connectivity index (χ3n) is 4.75. The molecule has 1 unspecified atom stereocenters. The smallest absolute Gasteiger partial charge is 0.251 e. The van der Waals surface area contributed by atoms with Gasteiger partial charge in [-0.1, -0.05) is 42.5 Å². The van der Waals surface area contributed by atoms with Gasteiger partial charge in [-0.15, -0.1) is 0 Å². The number of aryl methyl sites for hydroxylation is 2. The van der Waals surface area contributed by atoms with E-state index in [0.29, 0.717) is 5.56 Å². The number of likely N-dealkylation sites (N-methyl/N-ethyl adjacent to an activating group) is 1. The van der Waals surface area contributed by atoms with Gasteiger partial charge in [-0.3, -0.25) is 9.59 Å². The Morgan fingerprint density at radius 2 is 1.83 bits per heavy atom. The zero-order valence-electron chi connectivity index (χ0n) is 14.1. The second-order valence-electron chi connectivity index (χ2n) is 6.26. The second-order valence-corrected chi connectivity index (χ2v) is 6.26. The molecule has 0 bridgehead atoms. The van der Waals surface area contributed by atoms with E-state index in [1.54, 1.807) is 11.0 Å². The lowest BCUT2D eigenvalue weighted by molar-refractivity contribution is -0.131. The normalized spacial score (nSPS) is 15.7. The Bertz CT molecular complexity index is 770. The van der Waals surface area contributed by atoms with Crippen LogP contribution in [0, 0.1) is 6.92 Å². The average molecular weight is 322 g/mol. The summed E-state index contributed by atoms with van der Waals surface area (Å²) in [4.78, 5) is 26.5. The second kappa shape index (κ2) is 6.87. The van der Waals surface area contributed by atoms with Crippen LogP contribution in [-0.4, -0.2) is 30.3 Å². The third kappa shape index (κ3) is 3.18. The number of carbonyl (C=O) groups excluding carboxylic acids is 2. The van der Waals surface area contributed by atoms with Gasteiger partial charge in [-0.2, -0.15) is 0 Å². The molecule has 0 fully saturated rings. The van der Waals surface area contributed by atoms with Crippen LogP contribution in [-0.2, 0) is 11.2 Å². The van der Waals surface area contributed by atoms with Gasteiger partial charge in [-0.25, -0.2) is 0 Å². The monoisotopic (exact) mass is 322 g/mol. The van der Waals surface area contributed by atoms with E-state index in [9.17, 15) is 9.59 Å². The molecule has 0 saturated carbocycles. The fourth-order valence-electron chi connectivity index (χ4n) is 3.31. The summed E-state index contributed by atoms with van der Waals surface area (Å²) >= 11 is 0. The first-order valence-corrected chi connectivity index (χ1v) is 8.25. The van der Waals surface area contributed by atoms with Gasteiger partial charge in [0.15, 0.2) is 0 Å². The molecular weight excluding hydrogens is 300 g/mol. The van der Waals surface area contributed by atoms with Crippen LogP contribution in [0.5, 0.6) is 0 Å². The van der Waals surface area contributed by atoms with Crippen molar-refractivity contribution in [1.29, 1.82) is 0 Å². The van der Waals surface area contributed by atoms with Crippen molar-refractivity contribution in [2.75, 3.05) is 13.6 Å². The van der Waals surface area contributed by atoms with E-state index in [4.69, 9.17) is 0 Å². The Morgan fingerprint density at radius 3 is 2.62 bits per heavy atom. The first-order chi connectivity index (χ1) is 11.6. The average Bonchev–Trinajstić information content (AvgIpc) is 3.03. The maximum Gasteiger partial charge on any atom is 0.251 e. The van der Waals surface area contributed by atoms with Crippen LogP contribution in [0.2, 0.25) is 0 Å². The zero-order valence-corrected chi connectivity index (χ0v) is 14.1. The molecule has 4 nitrogen and oxygen atoms in total. The predicted octanol–water partition coefficient (Wildman–Crippen LogP) is 2.87. The van der Waals surface area contributed by atoms with E-state index in [1.165, 1.54) is 11.1 Å². The van der Waals surface area contributed by atoms with Crippen LogP contribution in [0.25, 0.3) is 0 Å². The number of benzene rings is 2. The Balaban J connectivity index is 1.62. The summed E-state index contributed by atoms with van der Waals surface area (Å²) in [6, 6.07) is 15.7. The van der Waals surface area contributed by atoms with E-state index in [-0.39, 0.29) is 24.4 Å². The topological polar surface area (TPSA) is 49.4 Å². The van der Waals surface area contributed by atoms with Crippen molar-refractivity contribution >= 4 is 11.8 Å². The van der Waals surface area contributed by atoms with Gasteiger partial charge in [0, 0.05) is 12.6 Å². The van der Waals surface area contributed by atoms with Crippen LogP contribution < -0.4 is 5.32 Å². The van der Waals surface area contributed by atoms with Gasteiger partial charge < -0.3 is 10.2 Å². The number of rotatable bonds is 4. The minimum absolute atomic E-state index is 0.0162. The number of nitrogens with one attached hydrogen (secondary N) is 1. The number of nitrogens with zero attached hydrogens (tertiary/aromatic N) is 1. The van der Waals surface area contributed by atoms with Crippen LogP contribution >= 0.6 is 0 Å². The molecule has 124 valence electrons. The SMILES string of the molecule is Cc1ccccc1C(=O)NCC(=O)N(C)C1CCc2ccccc21. The van der Waals surface area contributed by atoms with Crippen molar-refractivity contribution < 1.29 is 9.59 Å². The number of fused-ring (bicyclic) bond motifs is 1. The summed E-state index contributed by atoms with van der Waals surface area (Å²) in [6.07, 6.45) is 1.93. The molecule has 0 saturated heterocycles. The van der Waals surface area contributed by atoms with Crippen molar-refractivity contribution in [3.05, 3.63) is 70.8 Å². The number of amides is 2. The molecule has 0 aromatic heterocycles. The maximum absolute atomic E-state index is 12.5. The van der Waals surface area contributed by atoms with Gasteiger partial charge in [0.05, 0.1) is 12.6 Å². The van der Waals surface area contributed by atoms with Crippen molar-refractivity contribution in [2.24, 2.45) is 0 Å². The molecule has 1 aliphatic carbocycles. The minimum Gasteiger partial charge on any atom is -0.343 e. The van der Waals surface area contributed by atoms with Crippen molar-refractivity contribution in [3.63, 3.8) is 0 Å². The highest BCUT2D eigenvalue weighted by molar-refractivity contribution is 5.97. The molecule has 2 aromatic carbocycles. The van der Waals surface area contributed by atoms with Crippen LogP contribution in [0.4, 0.5) is 0 Å². The molecule has 1 atom stereocenters. The highest BCUT2D eigenvalue weighted by atomic mass is 16.2. The molecule has 0 spiro atoms. The number of carbonyl (C=O) groups is 2. The third-order valence-corrected chi connectivity index (χ3v) is 4.75. The minimum atomic E-state index is -0.207. The Labute approximate surface area is 142 Å². The Hall–Kier alpha value is -2.62. The molecule has 4 heteroatoms. The number of hydrogen-bond acceptors (Lipinski definition) is 2. The Kier molecular flexibility index (Phi) is 4.65. The Morgan fingerprint density at radius 1 is 1.12 bits per heavy atom. The van der Waals surface area contributed by atoms with Gasteiger partial charge in [0.25, 0.3) is 5.91 Å². The van der Waals surface area contributed by atoms with Crippen molar-refractivity contribution in [3.8, 4) is 0 Å².